The maximum atomic E-state index is 12.2. The van der Waals surface area contributed by atoms with E-state index < -0.39 is 11.9 Å². The van der Waals surface area contributed by atoms with Gasteiger partial charge in [0.25, 0.3) is 0 Å². The minimum absolute atomic E-state index is 0.0262. The van der Waals surface area contributed by atoms with E-state index in [1.54, 1.807) is 36.3 Å². The van der Waals surface area contributed by atoms with E-state index in [4.69, 9.17) is 4.74 Å². The van der Waals surface area contributed by atoms with Crippen molar-refractivity contribution in [1.29, 1.82) is 0 Å². The quantitative estimate of drug-likeness (QED) is 0.746. The van der Waals surface area contributed by atoms with Gasteiger partial charge in [-0.1, -0.05) is 0 Å². The lowest BCUT2D eigenvalue weighted by molar-refractivity contribution is -0.144. The highest BCUT2D eigenvalue weighted by Crippen LogP contribution is 2.16. The number of piperazine rings is 1. The SMILES string of the molecule is COc1ccc(NC(=O)C[C@H](CN2CCN(C(C)=O)CC2)C(=O)O)cc1. The molecule has 0 unspecified atom stereocenters. The number of nitrogens with zero attached hydrogens (tertiary/aromatic N) is 2. The lowest BCUT2D eigenvalue weighted by atomic mass is 10.0. The number of hydrogen-bond acceptors (Lipinski definition) is 5. The first kappa shape index (κ1) is 19.7. The van der Waals surface area contributed by atoms with E-state index in [1.807, 2.05) is 4.90 Å². The number of carbonyl (C=O) groups excluding carboxylic acids is 2. The fourth-order valence-electron chi connectivity index (χ4n) is 2.90. The molecule has 8 heteroatoms. The Labute approximate surface area is 152 Å². The molecule has 2 amide bonds. The van der Waals surface area contributed by atoms with Gasteiger partial charge in [-0.05, 0) is 24.3 Å². The molecule has 1 saturated heterocycles. The van der Waals surface area contributed by atoms with Crippen LogP contribution in [-0.4, -0.2) is 72.5 Å². The Morgan fingerprint density at radius 1 is 1.15 bits per heavy atom. The largest absolute Gasteiger partial charge is 0.497 e. The second-order valence-corrected chi connectivity index (χ2v) is 6.32. The number of carbonyl (C=O) groups is 3. The molecule has 1 fully saturated rings. The van der Waals surface area contributed by atoms with Gasteiger partial charge in [0.05, 0.1) is 13.0 Å². The van der Waals surface area contributed by atoms with E-state index in [-0.39, 0.29) is 24.8 Å². The van der Waals surface area contributed by atoms with Crippen molar-refractivity contribution in [3.8, 4) is 5.75 Å². The number of carboxylic acids is 1. The number of anilines is 1. The van der Waals surface area contributed by atoms with Gasteiger partial charge < -0.3 is 20.1 Å². The predicted molar refractivity (Wildman–Crippen MR) is 96.1 cm³/mol. The maximum absolute atomic E-state index is 12.2. The maximum Gasteiger partial charge on any atom is 0.308 e. The van der Waals surface area contributed by atoms with Crippen LogP contribution in [0.3, 0.4) is 0 Å². The Kier molecular flexibility index (Phi) is 6.97. The Balaban J connectivity index is 1.86. The molecule has 0 aliphatic carbocycles. The van der Waals surface area contributed by atoms with E-state index >= 15 is 0 Å². The predicted octanol–water partition coefficient (Wildman–Crippen LogP) is 0.889. The minimum atomic E-state index is -0.996. The fourth-order valence-corrected chi connectivity index (χ4v) is 2.90. The van der Waals surface area contributed by atoms with Crippen LogP contribution >= 0.6 is 0 Å². The van der Waals surface area contributed by atoms with Crippen LogP contribution in [-0.2, 0) is 14.4 Å². The third-order valence-electron chi connectivity index (χ3n) is 4.45. The van der Waals surface area contributed by atoms with Gasteiger partial charge >= 0.3 is 5.97 Å². The van der Waals surface area contributed by atoms with Crippen molar-refractivity contribution >= 4 is 23.5 Å². The molecule has 1 aliphatic rings. The molecule has 0 bridgehead atoms. The van der Waals surface area contributed by atoms with Crippen molar-refractivity contribution in [2.24, 2.45) is 5.92 Å². The first-order valence-electron chi connectivity index (χ1n) is 8.53. The Bertz CT molecular complexity index is 639. The van der Waals surface area contributed by atoms with Gasteiger partial charge in [-0.25, -0.2) is 0 Å². The molecule has 26 heavy (non-hydrogen) atoms. The van der Waals surface area contributed by atoms with E-state index in [0.717, 1.165) is 0 Å². The van der Waals surface area contributed by atoms with Gasteiger partial charge in [0.2, 0.25) is 11.8 Å². The molecule has 0 radical (unpaired) electrons. The van der Waals surface area contributed by atoms with E-state index in [0.29, 0.717) is 37.6 Å². The molecule has 1 aliphatic heterocycles. The van der Waals surface area contributed by atoms with Gasteiger partial charge in [0, 0.05) is 51.8 Å². The lowest BCUT2D eigenvalue weighted by Crippen LogP contribution is -2.50. The smallest absolute Gasteiger partial charge is 0.308 e. The topological polar surface area (TPSA) is 99.2 Å². The molecule has 2 N–H and O–H groups in total. The van der Waals surface area contributed by atoms with Crippen LogP contribution in [0.4, 0.5) is 5.69 Å². The summed E-state index contributed by atoms with van der Waals surface area (Å²) < 4.78 is 5.06. The molecule has 0 saturated carbocycles. The molecular weight excluding hydrogens is 338 g/mol. The van der Waals surface area contributed by atoms with Crippen molar-refractivity contribution in [2.75, 3.05) is 45.2 Å². The molecule has 8 nitrogen and oxygen atoms in total. The number of rotatable bonds is 7. The lowest BCUT2D eigenvalue weighted by Gasteiger charge is -2.35. The van der Waals surface area contributed by atoms with Gasteiger partial charge in [0.15, 0.2) is 0 Å². The van der Waals surface area contributed by atoms with Crippen molar-refractivity contribution in [2.45, 2.75) is 13.3 Å². The zero-order valence-corrected chi connectivity index (χ0v) is 15.1. The average molecular weight is 363 g/mol. The summed E-state index contributed by atoms with van der Waals surface area (Å²) in [5.74, 6) is -1.43. The Morgan fingerprint density at radius 3 is 2.27 bits per heavy atom. The van der Waals surface area contributed by atoms with E-state index in [1.165, 1.54) is 6.92 Å². The summed E-state index contributed by atoms with van der Waals surface area (Å²) >= 11 is 0. The highest BCUT2D eigenvalue weighted by molar-refractivity contribution is 5.93. The summed E-state index contributed by atoms with van der Waals surface area (Å²) in [5, 5.41) is 12.1. The van der Waals surface area contributed by atoms with Crippen molar-refractivity contribution in [1.82, 2.24) is 9.80 Å². The average Bonchev–Trinajstić information content (AvgIpc) is 2.62. The summed E-state index contributed by atoms with van der Waals surface area (Å²) in [5.41, 5.74) is 0.593. The standard InChI is InChI=1S/C18H25N3O5/c1-13(22)21-9-7-20(8-10-21)12-14(18(24)25)11-17(23)19-15-3-5-16(26-2)6-4-15/h3-6,14H,7-12H2,1-2H3,(H,19,23)(H,24,25)/t14-/m1/s1. The van der Waals surface area contributed by atoms with Crippen LogP contribution in [0, 0.1) is 5.92 Å². The van der Waals surface area contributed by atoms with Crippen LogP contribution in [0.1, 0.15) is 13.3 Å². The molecule has 142 valence electrons. The molecule has 2 rings (SSSR count). The molecule has 1 aromatic rings. The zero-order chi connectivity index (χ0) is 19.1. The van der Waals surface area contributed by atoms with Gasteiger partial charge in [-0.15, -0.1) is 0 Å². The number of ether oxygens (including phenoxy) is 1. The van der Waals surface area contributed by atoms with Crippen molar-refractivity contribution < 1.29 is 24.2 Å². The van der Waals surface area contributed by atoms with Crippen LogP contribution in [0.15, 0.2) is 24.3 Å². The number of hydrogen-bond donors (Lipinski definition) is 2. The number of benzene rings is 1. The van der Waals surface area contributed by atoms with Gasteiger partial charge in [-0.2, -0.15) is 0 Å². The molecule has 0 spiro atoms. The number of amides is 2. The minimum Gasteiger partial charge on any atom is -0.497 e. The van der Waals surface area contributed by atoms with Crippen LogP contribution < -0.4 is 10.1 Å². The van der Waals surface area contributed by atoms with Crippen LogP contribution in [0.25, 0.3) is 0 Å². The highest BCUT2D eigenvalue weighted by Gasteiger charge is 2.27. The molecule has 0 aromatic heterocycles. The van der Waals surface area contributed by atoms with Crippen LogP contribution in [0.5, 0.6) is 5.75 Å². The fraction of sp³-hybridized carbons (Fsp3) is 0.500. The molecule has 1 aromatic carbocycles. The second kappa shape index (κ2) is 9.19. The first-order chi connectivity index (χ1) is 12.4. The van der Waals surface area contributed by atoms with E-state index in [2.05, 4.69) is 5.32 Å². The third kappa shape index (κ3) is 5.73. The Morgan fingerprint density at radius 2 is 1.77 bits per heavy atom. The molecule has 1 heterocycles. The highest BCUT2D eigenvalue weighted by atomic mass is 16.5. The van der Waals surface area contributed by atoms with Crippen molar-refractivity contribution in [3.05, 3.63) is 24.3 Å². The second-order valence-electron chi connectivity index (χ2n) is 6.32. The normalized spacial score (nSPS) is 16.0. The Hall–Kier alpha value is -2.61. The zero-order valence-electron chi connectivity index (χ0n) is 15.1. The van der Waals surface area contributed by atoms with E-state index in [9.17, 15) is 19.5 Å². The summed E-state index contributed by atoms with van der Waals surface area (Å²) in [7, 11) is 1.56. The molecule has 1 atom stereocenters. The monoisotopic (exact) mass is 363 g/mol. The summed E-state index contributed by atoms with van der Waals surface area (Å²) in [6, 6.07) is 6.85. The summed E-state index contributed by atoms with van der Waals surface area (Å²) in [4.78, 5) is 38.8. The van der Waals surface area contributed by atoms with Gasteiger partial charge in [0.1, 0.15) is 5.75 Å². The first-order valence-corrected chi connectivity index (χ1v) is 8.53. The van der Waals surface area contributed by atoms with Crippen molar-refractivity contribution in [3.63, 3.8) is 0 Å². The number of nitrogens with one attached hydrogen (secondary N) is 1. The molecular formula is C18H25N3O5. The number of aliphatic carboxylic acids is 1. The van der Waals surface area contributed by atoms with Gasteiger partial charge in [-0.3, -0.25) is 19.3 Å². The van der Waals surface area contributed by atoms with Crippen LogP contribution in [0.2, 0.25) is 0 Å². The number of methoxy groups -OCH3 is 1. The third-order valence-corrected chi connectivity index (χ3v) is 4.45. The number of carboxylic acid groups (broad SMARTS) is 1. The summed E-state index contributed by atoms with van der Waals surface area (Å²) in [6.45, 7) is 4.21. The summed E-state index contributed by atoms with van der Waals surface area (Å²) in [6.07, 6.45) is -0.103.